The number of halogens is 1. The zero-order valence-corrected chi connectivity index (χ0v) is 21.6. The van der Waals surface area contributed by atoms with Crippen LogP contribution in [0.4, 0.5) is 5.69 Å². The first-order valence-electron chi connectivity index (χ1n) is 11.3. The van der Waals surface area contributed by atoms with Gasteiger partial charge in [0.05, 0.1) is 19.8 Å². The van der Waals surface area contributed by atoms with E-state index in [4.69, 9.17) is 4.74 Å². The van der Waals surface area contributed by atoms with E-state index in [1.54, 1.807) is 0 Å². The van der Waals surface area contributed by atoms with E-state index < -0.39 is 0 Å². The van der Waals surface area contributed by atoms with Crippen molar-refractivity contribution in [1.82, 2.24) is 20.5 Å². The molecule has 1 saturated heterocycles. The van der Waals surface area contributed by atoms with Gasteiger partial charge in [-0.1, -0.05) is 18.2 Å². The van der Waals surface area contributed by atoms with Crippen LogP contribution in [0.1, 0.15) is 24.6 Å². The minimum absolute atomic E-state index is 0. The van der Waals surface area contributed by atoms with E-state index in [1.807, 2.05) is 55.6 Å². The number of rotatable bonds is 10. The summed E-state index contributed by atoms with van der Waals surface area (Å²) in [6.45, 7) is 8.15. The molecule has 8 nitrogen and oxygen atoms in total. The summed E-state index contributed by atoms with van der Waals surface area (Å²) in [5.74, 6) is 0.796. The molecule has 33 heavy (non-hydrogen) atoms. The Labute approximate surface area is 213 Å². The number of amides is 1. The van der Waals surface area contributed by atoms with Crippen LogP contribution >= 0.6 is 24.0 Å². The molecule has 0 aliphatic carbocycles. The Morgan fingerprint density at radius 1 is 1.15 bits per heavy atom. The second kappa shape index (κ2) is 15.6. The smallest absolute Gasteiger partial charge is 0.225 e. The lowest BCUT2D eigenvalue weighted by Gasteiger charge is -2.26. The van der Waals surface area contributed by atoms with Crippen molar-refractivity contribution in [2.45, 2.75) is 26.3 Å². The molecule has 0 unspecified atom stereocenters. The average molecular weight is 566 g/mol. The lowest BCUT2D eigenvalue weighted by molar-refractivity contribution is -0.116. The van der Waals surface area contributed by atoms with E-state index in [-0.39, 0.29) is 29.9 Å². The highest BCUT2D eigenvalue weighted by molar-refractivity contribution is 14.0. The molecule has 3 N–H and O–H groups in total. The molecule has 1 aromatic carbocycles. The molecule has 1 fully saturated rings. The average Bonchev–Trinajstić information content (AvgIpc) is 2.83. The van der Waals surface area contributed by atoms with Crippen LogP contribution in [0.25, 0.3) is 0 Å². The van der Waals surface area contributed by atoms with Crippen LogP contribution in [0.15, 0.2) is 53.7 Å². The second-order valence-electron chi connectivity index (χ2n) is 7.65. The fourth-order valence-electron chi connectivity index (χ4n) is 3.42. The van der Waals surface area contributed by atoms with E-state index in [2.05, 4.69) is 30.8 Å². The zero-order valence-electron chi connectivity index (χ0n) is 19.3. The monoisotopic (exact) mass is 566 g/mol. The number of aromatic nitrogens is 1. The van der Waals surface area contributed by atoms with Crippen molar-refractivity contribution in [2.24, 2.45) is 4.99 Å². The number of carbonyl (C=O) groups excluding carboxylic acids is 1. The molecule has 180 valence electrons. The quantitative estimate of drug-likeness (QED) is 0.233. The summed E-state index contributed by atoms with van der Waals surface area (Å²) in [6, 6.07) is 13.8. The van der Waals surface area contributed by atoms with Gasteiger partial charge in [-0.05, 0) is 36.8 Å². The molecule has 0 atom stereocenters. The van der Waals surface area contributed by atoms with Crippen molar-refractivity contribution in [3.05, 3.63) is 59.9 Å². The van der Waals surface area contributed by atoms with E-state index in [0.717, 1.165) is 75.3 Å². The Kier molecular flexibility index (Phi) is 12.7. The maximum absolute atomic E-state index is 12.3. The molecule has 0 radical (unpaired) electrons. The van der Waals surface area contributed by atoms with Gasteiger partial charge in [0.2, 0.25) is 5.91 Å². The van der Waals surface area contributed by atoms with E-state index in [0.29, 0.717) is 13.0 Å². The number of hydrogen-bond acceptors (Lipinski definition) is 5. The SMILES string of the molecule is CCNC(=NCc1cccc(NC(=O)CCN2CCOCC2)c1)NCCc1ccccn1.I. The molecular weight excluding hydrogens is 531 g/mol. The minimum atomic E-state index is 0. The van der Waals surface area contributed by atoms with Crippen LogP contribution in [0.2, 0.25) is 0 Å². The zero-order chi connectivity index (χ0) is 22.4. The van der Waals surface area contributed by atoms with Crippen molar-refractivity contribution >= 4 is 41.5 Å². The Morgan fingerprint density at radius 2 is 2.00 bits per heavy atom. The summed E-state index contributed by atoms with van der Waals surface area (Å²) in [4.78, 5) is 23.6. The van der Waals surface area contributed by atoms with Crippen LogP contribution in [0.5, 0.6) is 0 Å². The fraction of sp³-hybridized carbons (Fsp3) is 0.458. The number of carbonyl (C=O) groups is 1. The third kappa shape index (κ3) is 10.5. The number of ether oxygens (including phenoxy) is 1. The fourth-order valence-corrected chi connectivity index (χ4v) is 3.42. The summed E-state index contributed by atoms with van der Waals surface area (Å²) in [5.41, 5.74) is 2.89. The first kappa shape index (κ1) is 27.0. The third-order valence-electron chi connectivity index (χ3n) is 5.13. The highest BCUT2D eigenvalue weighted by atomic mass is 127. The van der Waals surface area contributed by atoms with E-state index in [9.17, 15) is 4.79 Å². The van der Waals surface area contributed by atoms with Crippen molar-refractivity contribution < 1.29 is 9.53 Å². The molecule has 2 aromatic rings. The molecule has 0 spiro atoms. The molecule has 1 aliphatic heterocycles. The largest absolute Gasteiger partial charge is 0.379 e. The number of nitrogens with one attached hydrogen (secondary N) is 3. The first-order chi connectivity index (χ1) is 15.7. The van der Waals surface area contributed by atoms with Gasteiger partial charge in [0.15, 0.2) is 5.96 Å². The van der Waals surface area contributed by atoms with Crippen molar-refractivity contribution in [2.75, 3.05) is 51.3 Å². The van der Waals surface area contributed by atoms with Gasteiger partial charge in [-0.3, -0.25) is 14.7 Å². The van der Waals surface area contributed by atoms with Crippen LogP contribution in [-0.2, 0) is 22.5 Å². The standard InChI is InChI=1S/C24H34N6O2.HI/c1-2-25-24(27-12-9-21-7-3-4-11-26-21)28-19-20-6-5-8-22(18-20)29-23(31)10-13-30-14-16-32-17-15-30;/h3-8,11,18H,2,9-10,12-17,19H2,1H3,(H,29,31)(H2,25,27,28);1H. The van der Waals surface area contributed by atoms with Gasteiger partial charge >= 0.3 is 0 Å². The van der Waals surface area contributed by atoms with Crippen molar-refractivity contribution in [3.63, 3.8) is 0 Å². The van der Waals surface area contributed by atoms with Crippen LogP contribution in [0, 0.1) is 0 Å². The van der Waals surface area contributed by atoms with Crippen molar-refractivity contribution in [3.8, 4) is 0 Å². The molecule has 0 saturated carbocycles. The van der Waals surface area contributed by atoms with E-state index >= 15 is 0 Å². The molecular formula is C24H35IN6O2. The molecule has 9 heteroatoms. The summed E-state index contributed by atoms with van der Waals surface area (Å²) in [7, 11) is 0. The number of anilines is 1. The number of benzene rings is 1. The van der Waals surface area contributed by atoms with Gasteiger partial charge in [0, 0.05) is 63.1 Å². The molecule has 3 rings (SSSR count). The third-order valence-corrected chi connectivity index (χ3v) is 5.13. The number of morpholine rings is 1. The summed E-state index contributed by atoms with van der Waals surface area (Å²) < 4.78 is 5.35. The number of nitrogens with zero attached hydrogens (tertiary/aromatic N) is 3. The van der Waals surface area contributed by atoms with E-state index in [1.165, 1.54) is 0 Å². The Hall–Kier alpha value is -2.24. The summed E-state index contributed by atoms with van der Waals surface area (Å²) in [5, 5.41) is 9.62. The van der Waals surface area contributed by atoms with Crippen LogP contribution in [-0.4, -0.2) is 67.7 Å². The summed E-state index contributed by atoms with van der Waals surface area (Å²) in [6.07, 6.45) is 3.12. The van der Waals surface area contributed by atoms with Gasteiger partial charge < -0.3 is 20.7 Å². The molecule has 1 aliphatic rings. The van der Waals surface area contributed by atoms with Gasteiger partial charge in [-0.25, -0.2) is 4.99 Å². The first-order valence-corrected chi connectivity index (χ1v) is 11.3. The minimum Gasteiger partial charge on any atom is -0.379 e. The highest BCUT2D eigenvalue weighted by Gasteiger charge is 2.12. The molecule has 0 bridgehead atoms. The molecule has 1 amide bonds. The van der Waals surface area contributed by atoms with Gasteiger partial charge in [-0.2, -0.15) is 0 Å². The topological polar surface area (TPSA) is 90.9 Å². The highest BCUT2D eigenvalue weighted by Crippen LogP contribution is 2.12. The Bertz CT molecular complexity index is 859. The lowest BCUT2D eigenvalue weighted by Crippen LogP contribution is -2.38. The number of aliphatic imine (C=N–C) groups is 1. The van der Waals surface area contributed by atoms with Gasteiger partial charge in [0.1, 0.15) is 0 Å². The lowest BCUT2D eigenvalue weighted by atomic mass is 10.2. The number of hydrogen-bond donors (Lipinski definition) is 3. The maximum atomic E-state index is 12.3. The number of pyridine rings is 1. The van der Waals surface area contributed by atoms with Crippen LogP contribution in [0.3, 0.4) is 0 Å². The summed E-state index contributed by atoms with van der Waals surface area (Å²) >= 11 is 0. The Balaban J connectivity index is 0.00000385. The van der Waals surface area contributed by atoms with Crippen LogP contribution < -0.4 is 16.0 Å². The Morgan fingerprint density at radius 3 is 2.76 bits per heavy atom. The second-order valence-corrected chi connectivity index (χ2v) is 7.65. The molecule has 2 heterocycles. The predicted molar refractivity (Wildman–Crippen MR) is 143 cm³/mol. The molecule has 1 aromatic heterocycles. The normalized spacial score (nSPS) is 14.3. The van der Waals surface area contributed by atoms with Gasteiger partial charge in [-0.15, -0.1) is 24.0 Å². The maximum Gasteiger partial charge on any atom is 0.225 e. The van der Waals surface area contributed by atoms with Gasteiger partial charge in [0.25, 0.3) is 0 Å². The van der Waals surface area contributed by atoms with Crippen molar-refractivity contribution in [1.29, 1.82) is 0 Å². The number of guanidine groups is 1. The predicted octanol–water partition coefficient (Wildman–Crippen LogP) is 2.66.